The average molecular weight is 495 g/mol. The van der Waals surface area contributed by atoms with Crippen molar-refractivity contribution in [1.29, 1.82) is 0 Å². The third kappa shape index (κ3) is 7.40. The highest BCUT2D eigenvalue weighted by molar-refractivity contribution is 5.86. The Hall–Kier alpha value is -3.19. The Morgan fingerprint density at radius 1 is 0.944 bits per heavy atom. The van der Waals surface area contributed by atoms with Gasteiger partial charge in [-0.3, -0.25) is 14.5 Å². The van der Waals surface area contributed by atoms with Crippen LogP contribution < -0.4 is 0 Å². The van der Waals surface area contributed by atoms with E-state index in [1.165, 1.54) is 7.11 Å². The van der Waals surface area contributed by atoms with E-state index in [1.807, 2.05) is 86.3 Å². The molecule has 0 spiro atoms. The summed E-state index contributed by atoms with van der Waals surface area (Å²) in [4.78, 5) is 43.3. The quantitative estimate of drug-likeness (QED) is 0.523. The number of nitrogens with zero attached hydrogens (tertiary/aromatic N) is 2. The van der Waals surface area contributed by atoms with Crippen molar-refractivity contribution in [3.8, 4) is 0 Å². The van der Waals surface area contributed by atoms with E-state index in [4.69, 9.17) is 9.47 Å². The van der Waals surface area contributed by atoms with Gasteiger partial charge in [-0.1, -0.05) is 60.7 Å². The van der Waals surface area contributed by atoms with Crippen LogP contribution in [0.5, 0.6) is 0 Å². The molecule has 1 amide bonds. The standard InChI is InChI=1S/C29H38N2O5/c1-21(27(33)36-29(2,3)4)31-17-16-30(20-24(26(31)32)18-22-12-8-6-9-13-22)25(28(34)35-5)19-23-14-10-7-11-15-23/h6-15,21,24-25H,16-20H2,1-5H3/t21-,24?,25+/m1/s1. The van der Waals surface area contributed by atoms with Gasteiger partial charge in [0.1, 0.15) is 17.7 Å². The summed E-state index contributed by atoms with van der Waals surface area (Å²) in [6.07, 6.45) is 0.980. The van der Waals surface area contributed by atoms with Crippen LogP contribution in [0.15, 0.2) is 60.7 Å². The van der Waals surface area contributed by atoms with Crippen molar-refractivity contribution in [2.24, 2.45) is 5.92 Å². The molecule has 0 saturated carbocycles. The van der Waals surface area contributed by atoms with E-state index < -0.39 is 29.6 Å². The lowest BCUT2D eigenvalue weighted by atomic mass is 9.96. The topological polar surface area (TPSA) is 76.2 Å². The lowest BCUT2D eigenvalue weighted by molar-refractivity contribution is -0.164. The lowest BCUT2D eigenvalue weighted by Crippen LogP contribution is -2.48. The largest absolute Gasteiger partial charge is 0.468 e. The molecule has 1 heterocycles. The number of hydrogen-bond donors (Lipinski definition) is 0. The smallest absolute Gasteiger partial charge is 0.329 e. The van der Waals surface area contributed by atoms with Crippen molar-refractivity contribution in [3.63, 3.8) is 0 Å². The molecule has 0 aliphatic carbocycles. The molecule has 0 radical (unpaired) electrons. The van der Waals surface area contributed by atoms with Gasteiger partial charge >= 0.3 is 11.9 Å². The fourth-order valence-electron chi connectivity index (χ4n) is 4.60. The van der Waals surface area contributed by atoms with Gasteiger partial charge < -0.3 is 14.4 Å². The molecule has 7 nitrogen and oxygen atoms in total. The van der Waals surface area contributed by atoms with Crippen molar-refractivity contribution in [1.82, 2.24) is 9.80 Å². The number of esters is 2. The Balaban J connectivity index is 1.91. The van der Waals surface area contributed by atoms with E-state index in [2.05, 4.69) is 0 Å². The summed E-state index contributed by atoms with van der Waals surface area (Å²) >= 11 is 0. The zero-order valence-corrected chi connectivity index (χ0v) is 22.0. The van der Waals surface area contributed by atoms with Crippen LogP contribution in [-0.2, 0) is 36.7 Å². The van der Waals surface area contributed by atoms with Gasteiger partial charge in [0, 0.05) is 19.6 Å². The normalized spacial score (nSPS) is 18.8. The van der Waals surface area contributed by atoms with E-state index in [0.717, 1.165) is 11.1 Å². The van der Waals surface area contributed by atoms with E-state index in [-0.39, 0.29) is 11.9 Å². The third-order valence-electron chi connectivity index (χ3n) is 6.44. The van der Waals surface area contributed by atoms with Crippen LogP contribution in [0, 0.1) is 5.92 Å². The first-order chi connectivity index (χ1) is 17.1. The maximum Gasteiger partial charge on any atom is 0.329 e. The predicted octanol–water partition coefficient (Wildman–Crippen LogP) is 3.50. The number of hydrogen-bond acceptors (Lipinski definition) is 6. The Kier molecular flexibility index (Phi) is 9.26. The van der Waals surface area contributed by atoms with Crippen molar-refractivity contribution in [2.75, 3.05) is 26.7 Å². The fraction of sp³-hybridized carbons (Fsp3) is 0.483. The lowest BCUT2D eigenvalue weighted by Gasteiger charge is -2.31. The molecule has 0 N–H and O–H groups in total. The molecule has 7 heteroatoms. The minimum Gasteiger partial charge on any atom is -0.468 e. The van der Waals surface area contributed by atoms with Crippen LogP contribution >= 0.6 is 0 Å². The summed E-state index contributed by atoms with van der Waals surface area (Å²) in [5.74, 6) is -1.30. The maximum absolute atomic E-state index is 13.8. The minimum atomic E-state index is -0.736. The van der Waals surface area contributed by atoms with Gasteiger partial charge in [0.05, 0.1) is 13.0 Å². The van der Waals surface area contributed by atoms with Crippen LogP contribution in [-0.4, -0.2) is 72.1 Å². The minimum absolute atomic E-state index is 0.108. The summed E-state index contributed by atoms with van der Waals surface area (Å²) in [6, 6.07) is 18.3. The van der Waals surface area contributed by atoms with E-state index >= 15 is 0 Å². The van der Waals surface area contributed by atoms with Crippen molar-refractivity contribution in [3.05, 3.63) is 71.8 Å². The first kappa shape index (κ1) is 27.4. The third-order valence-corrected chi connectivity index (χ3v) is 6.44. The number of carbonyl (C=O) groups excluding carboxylic acids is 3. The van der Waals surface area contributed by atoms with Crippen LogP contribution in [0.3, 0.4) is 0 Å². The molecule has 0 aromatic heterocycles. The molecule has 1 aliphatic heterocycles. The molecule has 194 valence electrons. The molecule has 1 fully saturated rings. The highest BCUT2D eigenvalue weighted by Crippen LogP contribution is 2.23. The second kappa shape index (κ2) is 12.2. The van der Waals surface area contributed by atoms with E-state index in [1.54, 1.807) is 11.8 Å². The van der Waals surface area contributed by atoms with E-state index in [9.17, 15) is 14.4 Å². The molecular weight excluding hydrogens is 456 g/mol. The molecule has 36 heavy (non-hydrogen) atoms. The molecular formula is C29H38N2O5. The van der Waals surface area contributed by atoms with Crippen molar-refractivity contribution < 1.29 is 23.9 Å². The highest BCUT2D eigenvalue weighted by atomic mass is 16.6. The molecule has 2 aromatic carbocycles. The second-order valence-electron chi connectivity index (χ2n) is 10.4. The summed E-state index contributed by atoms with van der Waals surface area (Å²) in [6.45, 7) is 8.29. The summed E-state index contributed by atoms with van der Waals surface area (Å²) in [5, 5.41) is 0. The molecule has 1 aliphatic rings. The Morgan fingerprint density at radius 2 is 1.53 bits per heavy atom. The van der Waals surface area contributed by atoms with Gasteiger partial charge in [0.2, 0.25) is 5.91 Å². The molecule has 2 aromatic rings. The van der Waals surface area contributed by atoms with Crippen LogP contribution in [0.1, 0.15) is 38.8 Å². The number of benzene rings is 2. The zero-order chi connectivity index (χ0) is 26.3. The van der Waals surface area contributed by atoms with Gasteiger partial charge in [-0.05, 0) is 51.7 Å². The number of methoxy groups -OCH3 is 1. The summed E-state index contributed by atoms with van der Waals surface area (Å²) in [7, 11) is 1.39. The van der Waals surface area contributed by atoms with Gasteiger partial charge in [-0.25, -0.2) is 4.79 Å². The number of ether oxygens (including phenoxy) is 2. The maximum atomic E-state index is 13.8. The summed E-state index contributed by atoms with van der Waals surface area (Å²) < 4.78 is 10.8. The number of rotatable bonds is 8. The van der Waals surface area contributed by atoms with Gasteiger partial charge in [0.25, 0.3) is 0 Å². The van der Waals surface area contributed by atoms with Gasteiger partial charge in [-0.15, -0.1) is 0 Å². The number of carbonyl (C=O) groups is 3. The van der Waals surface area contributed by atoms with Crippen LogP contribution in [0.25, 0.3) is 0 Å². The zero-order valence-electron chi connectivity index (χ0n) is 22.0. The molecule has 1 unspecified atom stereocenters. The summed E-state index contributed by atoms with van der Waals surface area (Å²) in [5.41, 5.74) is 1.39. The van der Waals surface area contributed by atoms with Crippen LogP contribution in [0.2, 0.25) is 0 Å². The van der Waals surface area contributed by atoms with E-state index in [0.29, 0.717) is 32.5 Å². The monoisotopic (exact) mass is 494 g/mol. The molecule has 3 rings (SSSR count). The molecule has 3 atom stereocenters. The molecule has 0 bridgehead atoms. The average Bonchev–Trinajstić information content (AvgIpc) is 3.00. The predicted molar refractivity (Wildman–Crippen MR) is 138 cm³/mol. The first-order valence-electron chi connectivity index (χ1n) is 12.5. The Bertz CT molecular complexity index is 1020. The Labute approximate surface area is 214 Å². The highest BCUT2D eigenvalue weighted by Gasteiger charge is 2.39. The molecule has 1 saturated heterocycles. The van der Waals surface area contributed by atoms with Crippen molar-refractivity contribution >= 4 is 17.8 Å². The first-order valence-corrected chi connectivity index (χ1v) is 12.5. The SMILES string of the molecule is COC(=O)[C@H](Cc1ccccc1)N1CCN([C@H](C)C(=O)OC(C)(C)C)C(=O)C(Cc2ccccc2)C1. The number of amides is 1. The van der Waals surface area contributed by atoms with Gasteiger partial charge in [0.15, 0.2) is 0 Å². The van der Waals surface area contributed by atoms with Gasteiger partial charge in [-0.2, -0.15) is 0 Å². The van der Waals surface area contributed by atoms with Crippen LogP contribution in [0.4, 0.5) is 0 Å². The second-order valence-corrected chi connectivity index (χ2v) is 10.4. The van der Waals surface area contributed by atoms with Crippen molar-refractivity contribution in [2.45, 2.75) is 58.2 Å². The fourth-order valence-corrected chi connectivity index (χ4v) is 4.60. The Morgan fingerprint density at radius 3 is 2.08 bits per heavy atom.